The Labute approximate surface area is 118 Å². The van der Waals surface area contributed by atoms with E-state index in [-0.39, 0.29) is 17.6 Å². The van der Waals surface area contributed by atoms with Gasteiger partial charge in [-0.05, 0) is 32.9 Å². The zero-order chi connectivity index (χ0) is 15.3. The van der Waals surface area contributed by atoms with Gasteiger partial charge in [-0.3, -0.25) is 4.79 Å². The van der Waals surface area contributed by atoms with E-state index in [9.17, 15) is 13.6 Å². The van der Waals surface area contributed by atoms with Crippen LogP contribution in [0.4, 0.5) is 8.78 Å². The minimum Gasteiger partial charge on any atom is -0.466 e. The maximum absolute atomic E-state index is 13.7. The number of carbonyl (C=O) groups excluding carboxylic acids is 1. The van der Waals surface area contributed by atoms with Crippen LogP contribution in [0.15, 0.2) is 18.2 Å². The Balaban J connectivity index is 2.75. The molecule has 5 heteroatoms. The van der Waals surface area contributed by atoms with Gasteiger partial charge < -0.3 is 10.1 Å². The number of halogens is 2. The molecule has 0 spiro atoms. The quantitative estimate of drug-likeness (QED) is 0.816. The van der Waals surface area contributed by atoms with E-state index in [0.29, 0.717) is 6.61 Å². The van der Waals surface area contributed by atoms with Crippen LogP contribution >= 0.6 is 0 Å². The highest BCUT2D eigenvalue weighted by Gasteiger charge is 2.24. The van der Waals surface area contributed by atoms with Gasteiger partial charge in [-0.1, -0.05) is 13.0 Å². The largest absolute Gasteiger partial charge is 0.466 e. The summed E-state index contributed by atoms with van der Waals surface area (Å²) in [7, 11) is 0. The van der Waals surface area contributed by atoms with E-state index in [0.717, 1.165) is 0 Å². The van der Waals surface area contributed by atoms with Gasteiger partial charge in [0.1, 0.15) is 11.6 Å². The lowest BCUT2D eigenvalue weighted by atomic mass is 10.0. The fourth-order valence-corrected chi connectivity index (χ4v) is 2.02. The van der Waals surface area contributed by atoms with Crippen molar-refractivity contribution in [1.82, 2.24) is 5.32 Å². The van der Waals surface area contributed by atoms with Crippen molar-refractivity contribution in [2.75, 3.05) is 6.61 Å². The molecule has 1 aromatic carbocycles. The summed E-state index contributed by atoms with van der Waals surface area (Å²) in [6.07, 6.45) is 0. The van der Waals surface area contributed by atoms with Crippen LogP contribution in [0.2, 0.25) is 0 Å². The summed E-state index contributed by atoms with van der Waals surface area (Å²) in [6, 6.07) is 2.96. The van der Waals surface area contributed by atoms with Crippen LogP contribution < -0.4 is 5.32 Å². The minimum atomic E-state index is -0.596. The van der Waals surface area contributed by atoms with E-state index in [4.69, 9.17) is 4.74 Å². The van der Waals surface area contributed by atoms with Gasteiger partial charge in [0.05, 0.1) is 12.5 Å². The number of hydrogen-bond donors (Lipinski definition) is 1. The van der Waals surface area contributed by atoms with E-state index in [1.165, 1.54) is 18.2 Å². The number of carbonyl (C=O) groups is 1. The molecule has 0 aromatic heterocycles. The Morgan fingerprint density at radius 1 is 1.25 bits per heavy atom. The molecule has 0 amide bonds. The van der Waals surface area contributed by atoms with Crippen LogP contribution in [-0.4, -0.2) is 18.6 Å². The van der Waals surface area contributed by atoms with Gasteiger partial charge in [-0.25, -0.2) is 8.78 Å². The minimum absolute atomic E-state index is 0.0181. The molecule has 0 radical (unpaired) electrons. The first kappa shape index (κ1) is 16.6. The van der Waals surface area contributed by atoms with Gasteiger partial charge in [0.15, 0.2) is 0 Å². The van der Waals surface area contributed by atoms with Crippen LogP contribution in [-0.2, 0) is 9.53 Å². The molecule has 1 N–H and O–H groups in total. The number of ether oxygens (including phenoxy) is 1. The van der Waals surface area contributed by atoms with Crippen LogP contribution in [0.1, 0.15) is 39.3 Å². The summed E-state index contributed by atoms with van der Waals surface area (Å²) < 4.78 is 32.3. The number of rotatable bonds is 6. The summed E-state index contributed by atoms with van der Waals surface area (Å²) >= 11 is 0. The van der Waals surface area contributed by atoms with Crippen LogP contribution in [0.3, 0.4) is 0 Å². The highest BCUT2D eigenvalue weighted by molar-refractivity contribution is 5.72. The molecule has 0 bridgehead atoms. The van der Waals surface area contributed by atoms with Crippen molar-refractivity contribution in [3.63, 3.8) is 0 Å². The summed E-state index contributed by atoms with van der Waals surface area (Å²) in [4.78, 5) is 11.6. The standard InChI is InChI=1S/C15H21F2NO2/c1-5-20-15(19)9(2)10(3)18-11(4)14-12(16)7-6-8-13(14)17/h6-11,18H,5H2,1-4H3/t9-,10-,11-/m1/s1. The third-order valence-electron chi connectivity index (χ3n) is 3.35. The number of esters is 1. The molecular weight excluding hydrogens is 264 g/mol. The maximum Gasteiger partial charge on any atom is 0.310 e. The van der Waals surface area contributed by atoms with E-state index in [1.54, 1.807) is 27.7 Å². The number of hydrogen-bond acceptors (Lipinski definition) is 3. The molecule has 3 atom stereocenters. The van der Waals surface area contributed by atoms with Crippen LogP contribution in [0.25, 0.3) is 0 Å². The van der Waals surface area contributed by atoms with Gasteiger partial charge in [-0.15, -0.1) is 0 Å². The molecule has 0 saturated carbocycles. The van der Waals surface area contributed by atoms with Gasteiger partial charge in [0.2, 0.25) is 0 Å². The summed E-state index contributed by atoms with van der Waals surface area (Å²) in [5.41, 5.74) is -0.0181. The Hall–Kier alpha value is -1.49. The van der Waals surface area contributed by atoms with Crippen molar-refractivity contribution in [3.8, 4) is 0 Å². The second-order valence-corrected chi connectivity index (χ2v) is 4.85. The van der Waals surface area contributed by atoms with Gasteiger partial charge >= 0.3 is 5.97 Å². The summed E-state index contributed by atoms with van der Waals surface area (Å²) in [5, 5.41) is 3.04. The molecule has 112 valence electrons. The average Bonchev–Trinajstić information content (AvgIpc) is 2.37. The molecule has 0 saturated heterocycles. The molecule has 0 fully saturated rings. The predicted molar refractivity (Wildman–Crippen MR) is 73.2 cm³/mol. The molecule has 3 nitrogen and oxygen atoms in total. The topological polar surface area (TPSA) is 38.3 Å². The number of benzene rings is 1. The molecule has 0 aliphatic heterocycles. The van der Waals surface area contributed by atoms with Crippen molar-refractivity contribution in [2.24, 2.45) is 5.92 Å². The lowest BCUT2D eigenvalue weighted by molar-refractivity contribution is -0.148. The van der Waals surface area contributed by atoms with Crippen LogP contribution in [0, 0.1) is 17.6 Å². The Morgan fingerprint density at radius 3 is 2.30 bits per heavy atom. The Kier molecular flexibility index (Phi) is 6.07. The summed E-state index contributed by atoms with van der Waals surface area (Å²) in [6.45, 7) is 7.22. The summed E-state index contributed by atoms with van der Waals surface area (Å²) in [5.74, 6) is -1.91. The highest BCUT2D eigenvalue weighted by atomic mass is 19.1. The van der Waals surface area contributed by atoms with Crippen molar-refractivity contribution in [3.05, 3.63) is 35.4 Å². The highest BCUT2D eigenvalue weighted by Crippen LogP contribution is 2.21. The fraction of sp³-hybridized carbons (Fsp3) is 0.533. The molecule has 0 aliphatic rings. The van der Waals surface area contributed by atoms with Crippen LogP contribution in [0.5, 0.6) is 0 Å². The Morgan fingerprint density at radius 2 is 1.80 bits per heavy atom. The molecule has 0 heterocycles. The zero-order valence-electron chi connectivity index (χ0n) is 12.2. The maximum atomic E-state index is 13.7. The lowest BCUT2D eigenvalue weighted by Gasteiger charge is -2.24. The molecule has 1 aromatic rings. The third kappa shape index (κ3) is 4.00. The monoisotopic (exact) mass is 285 g/mol. The molecule has 0 unspecified atom stereocenters. The van der Waals surface area contributed by atoms with Gasteiger partial charge in [0.25, 0.3) is 0 Å². The number of nitrogens with one attached hydrogen (secondary N) is 1. The lowest BCUT2D eigenvalue weighted by Crippen LogP contribution is -2.39. The van der Waals surface area contributed by atoms with Gasteiger partial charge in [-0.2, -0.15) is 0 Å². The molecular formula is C15H21F2NO2. The predicted octanol–water partition coefficient (Wildman–Crippen LogP) is 3.20. The van der Waals surface area contributed by atoms with Gasteiger partial charge in [0, 0.05) is 17.6 Å². The zero-order valence-corrected chi connectivity index (χ0v) is 12.2. The third-order valence-corrected chi connectivity index (χ3v) is 3.35. The first-order chi connectivity index (χ1) is 9.38. The SMILES string of the molecule is CCOC(=O)[C@H](C)[C@@H](C)N[C@H](C)c1c(F)cccc1F. The normalized spacial score (nSPS) is 15.5. The van der Waals surface area contributed by atoms with E-state index < -0.39 is 23.6 Å². The first-order valence-corrected chi connectivity index (χ1v) is 6.75. The van der Waals surface area contributed by atoms with Crippen molar-refractivity contribution < 1.29 is 18.3 Å². The first-order valence-electron chi connectivity index (χ1n) is 6.75. The van der Waals surface area contributed by atoms with Crippen molar-refractivity contribution >= 4 is 5.97 Å². The van der Waals surface area contributed by atoms with E-state index >= 15 is 0 Å². The van der Waals surface area contributed by atoms with Crippen molar-refractivity contribution in [1.29, 1.82) is 0 Å². The van der Waals surface area contributed by atoms with E-state index in [2.05, 4.69) is 5.32 Å². The average molecular weight is 285 g/mol. The Bertz CT molecular complexity index is 445. The molecule has 20 heavy (non-hydrogen) atoms. The second kappa shape index (κ2) is 7.33. The fourth-order valence-electron chi connectivity index (χ4n) is 2.02. The second-order valence-electron chi connectivity index (χ2n) is 4.85. The molecule has 0 aliphatic carbocycles. The smallest absolute Gasteiger partial charge is 0.310 e. The molecule has 1 rings (SSSR count). The van der Waals surface area contributed by atoms with Crippen molar-refractivity contribution in [2.45, 2.75) is 39.8 Å². The van der Waals surface area contributed by atoms with E-state index in [1.807, 2.05) is 0 Å².